The van der Waals surface area contributed by atoms with E-state index in [1.165, 1.54) is 51.1 Å². The molecule has 0 fully saturated rings. The molecule has 8 heteroatoms. The third kappa shape index (κ3) is 4.49. The number of hydrogen-bond acceptors (Lipinski definition) is 8. The molecule has 0 bridgehead atoms. The number of carbonyl (C=O) groups excluding carboxylic acids is 3. The van der Waals surface area contributed by atoms with Gasteiger partial charge in [0.1, 0.15) is 17.1 Å². The van der Waals surface area contributed by atoms with Gasteiger partial charge >= 0.3 is 17.9 Å². The van der Waals surface area contributed by atoms with Crippen LogP contribution in [0, 0.1) is 0 Å². The highest BCUT2D eigenvalue weighted by molar-refractivity contribution is 5.85. The number of ether oxygens (including phenoxy) is 3. The van der Waals surface area contributed by atoms with E-state index in [4.69, 9.17) is 18.6 Å². The first-order valence-electron chi connectivity index (χ1n) is 8.51. The highest BCUT2D eigenvalue weighted by Crippen LogP contribution is 2.33. The molecule has 8 nitrogen and oxygen atoms in total. The molecule has 29 heavy (non-hydrogen) atoms. The fourth-order valence-corrected chi connectivity index (χ4v) is 2.65. The maximum atomic E-state index is 12.9. The van der Waals surface area contributed by atoms with Crippen LogP contribution in [-0.4, -0.2) is 17.9 Å². The Labute approximate surface area is 164 Å². The minimum Gasteiger partial charge on any atom is -0.452 e. The zero-order chi connectivity index (χ0) is 21.1. The molecule has 0 aliphatic rings. The number of rotatable bonds is 4. The van der Waals surface area contributed by atoms with Crippen molar-refractivity contribution in [1.82, 2.24) is 0 Å². The first-order chi connectivity index (χ1) is 13.7. The number of fused-ring (bicyclic) bond motifs is 1. The second-order valence-corrected chi connectivity index (χ2v) is 6.05. The molecule has 0 atom stereocenters. The Balaban J connectivity index is 2.18. The second-order valence-electron chi connectivity index (χ2n) is 6.05. The number of esters is 3. The number of carbonyl (C=O) groups is 3. The number of hydrogen-bond donors (Lipinski definition) is 0. The summed E-state index contributed by atoms with van der Waals surface area (Å²) in [6, 6.07) is 10.4. The summed E-state index contributed by atoms with van der Waals surface area (Å²) < 4.78 is 20.9. The average Bonchev–Trinajstić information content (AvgIpc) is 2.63. The minimum atomic E-state index is -0.689. The quantitative estimate of drug-likeness (QED) is 0.488. The molecule has 3 rings (SSSR count). The summed E-state index contributed by atoms with van der Waals surface area (Å²) in [5.41, 5.74) is -0.00681. The van der Waals surface area contributed by atoms with Crippen molar-refractivity contribution < 1.29 is 33.0 Å². The summed E-state index contributed by atoms with van der Waals surface area (Å²) in [6.45, 7) is 3.69. The van der Waals surface area contributed by atoms with Gasteiger partial charge in [-0.1, -0.05) is 0 Å². The molecule has 3 aromatic rings. The van der Waals surface area contributed by atoms with E-state index < -0.39 is 23.3 Å². The highest BCUT2D eigenvalue weighted by Gasteiger charge is 2.20. The molecule has 0 N–H and O–H groups in total. The molecule has 0 spiro atoms. The Hall–Kier alpha value is -3.94. The van der Waals surface area contributed by atoms with Crippen LogP contribution < -0.4 is 19.6 Å². The van der Waals surface area contributed by atoms with Crippen LogP contribution in [0.4, 0.5) is 0 Å². The molecule has 148 valence electrons. The SMILES string of the molecule is CC(=O)Oc1ccc(-c2oc3cc(OC(C)=O)ccc3c(=O)c2OC(C)=O)cc1. The van der Waals surface area contributed by atoms with E-state index in [0.717, 1.165) is 0 Å². The lowest BCUT2D eigenvalue weighted by molar-refractivity contribution is -0.132. The van der Waals surface area contributed by atoms with Crippen molar-refractivity contribution in [2.45, 2.75) is 20.8 Å². The van der Waals surface area contributed by atoms with Crippen molar-refractivity contribution in [2.75, 3.05) is 0 Å². The second kappa shape index (κ2) is 7.97. The Kier molecular flexibility index (Phi) is 5.45. The van der Waals surface area contributed by atoms with Gasteiger partial charge < -0.3 is 18.6 Å². The lowest BCUT2D eigenvalue weighted by atomic mass is 10.1. The van der Waals surface area contributed by atoms with Crippen molar-refractivity contribution in [3.63, 3.8) is 0 Å². The summed E-state index contributed by atoms with van der Waals surface area (Å²) in [5.74, 6) is -1.46. The van der Waals surface area contributed by atoms with Gasteiger partial charge in [0, 0.05) is 32.4 Å². The molecule has 1 aromatic heterocycles. The van der Waals surface area contributed by atoms with E-state index in [-0.39, 0.29) is 28.2 Å². The molecular weight excluding hydrogens is 380 g/mol. The van der Waals surface area contributed by atoms with Gasteiger partial charge in [-0.3, -0.25) is 19.2 Å². The highest BCUT2D eigenvalue weighted by atomic mass is 16.5. The molecule has 0 saturated heterocycles. The van der Waals surface area contributed by atoms with Crippen molar-refractivity contribution in [3.05, 3.63) is 52.7 Å². The lowest BCUT2D eigenvalue weighted by Gasteiger charge is -2.11. The van der Waals surface area contributed by atoms with Gasteiger partial charge in [-0.05, 0) is 36.4 Å². The van der Waals surface area contributed by atoms with Gasteiger partial charge in [-0.25, -0.2) is 0 Å². The zero-order valence-electron chi connectivity index (χ0n) is 15.8. The molecule has 1 heterocycles. The maximum Gasteiger partial charge on any atom is 0.308 e. The molecule has 0 aliphatic carbocycles. The van der Waals surface area contributed by atoms with Crippen molar-refractivity contribution >= 4 is 28.9 Å². The van der Waals surface area contributed by atoms with E-state index >= 15 is 0 Å². The van der Waals surface area contributed by atoms with Crippen molar-refractivity contribution in [1.29, 1.82) is 0 Å². The van der Waals surface area contributed by atoms with Gasteiger partial charge in [0.15, 0.2) is 5.76 Å². The minimum absolute atomic E-state index is 0.00653. The first kappa shape index (κ1) is 19.8. The van der Waals surface area contributed by atoms with Gasteiger partial charge in [0.25, 0.3) is 0 Å². The van der Waals surface area contributed by atoms with E-state index in [9.17, 15) is 19.2 Å². The maximum absolute atomic E-state index is 12.9. The Morgan fingerprint density at radius 1 is 0.759 bits per heavy atom. The molecule has 0 amide bonds. The van der Waals surface area contributed by atoms with Gasteiger partial charge in [0.05, 0.1) is 5.39 Å². The lowest BCUT2D eigenvalue weighted by Crippen LogP contribution is -2.13. The van der Waals surface area contributed by atoms with Crippen molar-refractivity contribution in [2.24, 2.45) is 0 Å². The summed E-state index contributed by atoms with van der Waals surface area (Å²) in [6.07, 6.45) is 0. The summed E-state index contributed by atoms with van der Waals surface area (Å²) in [7, 11) is 0. The van der Waals surface area contributed by atoms with Crippen LogP contribution in [0.25, 0.3) is 22.3 Å². The third-order valence-electron chi connectivity index (χ3n) is 3.71. The fourth-order valence-electron chi connectivity index (χ4n) is 2.65. The van der Waals surface area contributed by atoms with E-state index in [1.807, 2.05) is 0 Å². The zero-order valence-corrected chi connectivity index (χ0v) is 15.8. The Bertz CT molecular complexity index is 1170. The third-order valence-corrected chi connectivity index (χ3v) is 3.71. The molecule has 2 aromatic carbocycles. The van der Waals surface area contributed by atoms with Crippen LogP contribution in [0.3, 0.4) is 0 Å². The predicted molar refractivity (Wildman–Crippen MR) is 102 cm³/mol. The predicted octanol–water partition coefficient (Wildman–Crippen LogP) is 3.24. The standard InChI is InChI=1S/C21H16O8/c1-11(22)26-15-6-4-14(5-7-15)20-21(28-13(3)24)19(25)17-9-8-16(27-12(2)23)10-18(17)29-20/h4-10H,1-3H3. The molecule has 0 saturated carbocycles. The first-order valence-corrected chi connectivity index (χ1v) is 8.51. The normalized spacial score (nSPS) is 10.4. The van der Waals surface area contributed by atoms with Crippen molar-refractivity contribution in [3.8, 4) is 28.6 Å². The smallest absolute Gasteiger partial charge is 0.308 e. The Morgan fingerprint density at radius 3 is 1.90 bits per heavy atom. The molecule has 0 radical (unpaired) electrons. The van der Waals surface area contributed by atoms with Gasteiger partial charge in [0.2, 0.25) is 11.2 Å². The van der Waals surface area contributed by atoms with Crippen LogP contribution in [0.15, 0.2) is 51.7 Å². The van der Waals surface area contributed by atoms with Crippen LogP contribution >= 0.6 is 0 Å². The number of benzene rings is 2. The van der Waals surface area contributed by atoms with Gasteiger partial charge in [-0.15, -0.1) is 0 Å². The fraction of sp³-hybridized carbons (Fsp3) is 0.143. The van der Waals surface area contributed by atoms with E-state index in [1.54, 1.807) is 12.1 Å². The average molecular weight is 396 g/mol. The van der Waals surface area contributed by atoms with E-state index in [2.05, 4.69) is 0 Å². The van der Waals surface area contributed by atoms with Crippen LogP contribution in [0.5, 0.6) is 17.2 Å². The molecule has 0 aliphatic heterocycles. The largest absolute Gasteiger partial charge is 0.452 e. The summed E-state index contributed by atoms with van der Waals surface area (Å²) in [5, 5.41) is 0.150. The summed E-state index contributed by atoms with van der Waals surface area (Å²) >= 11 is 0. The molecule has 0 unspecified atom stereocenters. The van der Waals surface area contributed by atoms with Crippen LogP contribution in [0.1, 0.15) is 20.8 Å². The Morgan fingerprint density at radius 2 is 1.31 bits per heavy atom. The van der Waals surface area contributed by atoms with Crippen LogP contribution in [0.2, 0.25) is 0 Å². The monoisotopic (exact) mass is 396 g/mol. The summed E-state index contributed by atoms with van der Waals surface area (Å²) in [4.78, 5) is 46.7. The van der Waals surface area contributed by atoms with Gasteiger partial charge in [-0.2, -0.15) is 0 Å². The van der Waals surface area contributed by atoms with E-state index in [0.29, 0.717) is 11.3 Å². The topological polar surface area (TPSA) is 109 Å². The van der Waals surface area contributed by atoms with Crippen LogP contribution in [-0.2, 0) is 14.4 Å². The molecular formula is C21H16O8.